The molecular weight excluding hydrogens is 538 g/mol. The minimum absolute atomic E-state index is 0.0227. The molecule has 0 bridgehead atoms. The highest BCUT2D eigenvalue weighted by Gasteiger charge is 2.30. The number of hydrogen-bond acceptors (Lipinski definition) is 9. The van der Waals surface area contributed by atoms with Crippen LogP contribution in [0.25, 0.3) is 0 Å². The molecule has 0 aliphatic carbocycles. The maximum Gasteiger partial charge on any atom is 0.326 e. The number of carbonyl (C=O) groups excluding carboxylic acids is 3. The number of carboxylic acid groups (broad SMARTS) is 1. The summed E-state index contributed by atoms with van der Waals surface area (Å²) in [6, 6.07) is 7.63. The largest absolute Gasteiger partial charge is 0.508 e. The fourth-order valence-corrected chi connectivity index (χ4v) is 4.08. The molecule has 0 heterocycles. The van der Waals surface area contributed by atoms with Gasteiger partial charge in [0.2, 0.25) is 17.7 Å². The van der Waals surface area contributed by atoms with Gasteiger partial charge in [-0.15, -0.1) is 0 Å². The van der Waals surface area contributed by atoms with Crippen LogP contribution in [-0.4, -0.2) is 75.5 Å². The zero-order chi connectivity index (χ0) is 29.7. The molecule has 0 radical (unpaired) electrons. The summed E-state index contributed by atoms with van der Waals surface area (Å²) in [7, 11) is 0. The van der Waals surface area contributed by atoms with Gasteiger partial charge in [-0.2, -0.15) is 12.6 Å². The number of nitrogens with two attached hydrogens (primary N) is 2. The number of carboxylic acids is 1. The van der Waals surface area contributed by atoms with Crippen LogP contribution < -0.4 is 27.4 Å². The molecule has 0 spiro atoms. The molecule has 2 rings (SSSR count). The summed E-state index contributed by atoms with van der Waals surface area (Å²) < 4.78 is 0. The molecule has 0 aliphatic heterocycles. The molecule has 218 valence electrons. The zero-order valence-corrected chi connectivity index (χ0v) is 22.8. The smallest absolute Gasteiger partial charge is 0.326 e. The van der Waals surface area contributed by atoms with Crippen molar-refractivity contribution in [2.45, 2.75) is 56.3 Å². The Bertz CT molecular complexity index is 1130. The van der Waals surface area contributed by atoms with E-state index in [1.54, 1.807) is 24.3 Å². The van der Waals surface area contributed by atoms with Crippen LogP contribution in [-0.2, 0) is 32.0 Å². The number of aliphatic carboxylic acids is 1. The van der Waals surface area contributed by atoms with Crippen molar-refractivity contribution in [3.63, 3.8) is 0 Å². The molecule has 2 aromatic rings. The van der Waals surface area contributed by atoms with Crippen LogP contribution in [0.3, 0.4) is 0 Å². The summed E-state index contributed by atoms with van der Waals surface area (Å²) in [6.07, 6.45) is 1.37. The number of amides is 3. The first kappa shape index (κ1) is 32.4. The summed E-state index contributed by atoms with van der Waals surface area (Å²) in [4.78, 5) is 50.6. The number of carbonyl (C=O) groups is 4. The average Bonchev–Trinajstić information content (AvgIpc) is 2.92. The van der Waals surface area contributed by atoms with Crippen molar-refractivity contribution in [3.05, 3.63) is 59.7 Å². The third-order valence-corrected chi connectivity index (χ3v) is 6.48. The zero-order valence-electron chi connectivity index (χ0n) is 22.0. The number of nitrogens with one attached hydrogen (secondary N) is 3. The molecule has 0 aliphatic rings. The third kappa shape index (κ3) is 10.8. The van der Waals surface area contributed by atoms with Gasteiger partial charge >= 0.3 is 5.97 Å². The summed E-state index contributed by atoms with van der Waals surface area (Å²) in [6.45, 7) is 0.370. The van der Waals surface area contributed by atoms with Gasteiger partial charge in [-0.3, -0.25) is 14.4 Å². The number of phenols is 2. The Balaban J connectivity index is 2.06. The molecule has 2 aromatic carbocycles. The lowest BCUT2D eigenvalue weighted by Crippen LogP contribution is -2.58. The van der Waals surface area contributed by atoms with E-state index in [0.717, 1.165) is 0 Å². The van der Waals surface area contributed by atoms with Gasteiger partial charge in [0, 0.05) is 12.2 Å². The van der Waals surface area contributed by atoms with E-state index in [2.05, 4.69) is 28.6 Å². The van der Waals surface area contributed by atoms with E-state index in [9.17, 15) is 34.5 Å². The summed E-state index contributed by atoms with van der Waals surface area (Å²) in [5.74, 6) is -3.24. The second kappa shape index (κ2) is 16.3. The van der Waals surface area contributed by atoms with Gasteiger partial charge < -0.3 is 42.7 Å². The normalized spacial score (nSPS) is 13.9. The molecule has 0 saturated carbocycles. The lowest BCUT2D eigenvalue weighted by atomic mass is 10.0. The Labute approximate surface area is 237 Å². The van der Waals surface area contributed by atoms with Crippen molar-refractivity contribution in [3.8, 4) is 11.5 Å². The van der Waals surface area contributed by atoms with Crippen LogP contribution in [0.2, 0.25) is 0 Å². The lowest BCUT2D eigenvalue weighted by Gasteiger charge is -2.24. The minimum atomic E-state index is -1.29. The fourth-order valence-electron chi connectivity index (χ4n) is 3.83. The monoisotopic (exact) mass is 575 g/mol. The highest BCUT2D eigenvalue weighted by Crippen LogP contribution is 2.13. The maximum atomic E-state index is 13.1. The lowest BCUT2D eigenvalue weighted by molar-refractivity contribution is -0.142. The number of benzene rings is 2. The van der Waals surface area contributed by atoms with Crippen LogP contribution in [0, 0.1) is 0 Å². The average molecular weight is 576 g/mol. The molecular formula is C27H37N5O7S. The molecule has 13 heteroatoms. The van der Waals surface area contributed by atoms with Crippen LogP contribution in [0.1, 0.15) is 30.4 Å². The maximum absolute atomic E-state index is 13.1. The molecule has 3 amide bonds. The van der Waals surface area contributed by atoms with E-state index in [-0.39, 0.29) is 36.5 Å². The van der Waals surface area contributed by atoms with E-state index in [0.29, 0.717) is 30.5 Å². The third-order valence-electron chi connectivity index (χ3n) is 6.11. The number of aromatic hydroxyl groups is 2. The van der Waals surface area contributed by atoms with Crippen LogP contribution in [0.15, 0.2) is 48.5 Å². The molecule has 12 nitrogen and oxygen atoms in total. The van der Waals surface area contributed by atoms with Gasteiger partial charge in [-0.25, -0.2) is 4.79 Å². The van der Waals surface area contributed by atoms with E-state index in [4.69, 9.17) is 11.5 Å². The van der Waals surface area contributed by atoms with Crippen molar-refractivity contribution >= 4 is 36.3 Å². The molecule has 0 aromatic heterocycles. The predicted octanol–water partition coefficient (Wildman–Crippen LogP) is -0.192. The number of hydrogen-bond donors (Lipinski definition) is 9. The quantitative estimate of drug-likeness (QED) is 0.0955. The molecule has 10 N–H and O–H groups in total. The number of phenolic OH excluding ortho intramolecular Hbond substituents is 2. The molecule has 0 fully saturated rings. The SMILES string of the molecule is NCCCCC(NC(=O)C(CS)NC(=O)C(N)Cc1ccc(O)cc1)C(=O)NC(Cc1ccc(O)cc1)C(=O)O. The van der Waals surface area contributed by atoms with E-state index < -0.39 is 47.9 Å². The first-order valence-electron chi connectivity index (χ1n) is 12.8. The van der Waals surface area contributed by atoms with Crippen LogP contribution in [0.5, 0.6) is 11.5 Å². The molecule has 4 atom stereocenters. The summed E-state index contributed by atoms with van der Waals surface area (Å²) in [5.41, 5.74) is 12.8. The van der Waals surface area contributed by atoms with Gasteiger partial charge in [0.05, 0.1) is 6.04 Å². The standard InChI is InChI=1S/C27H37N5O7S/c28-12-2-1-3-21(25(36)31-22(27(38)39)14-17-6-10-19(34)11-7-17)30-26(37)23(15-40)32-24(35)20(29)13-16-4-8-18(33)9-5-16/h4-11,20-23,33-34,40H,1-3,12-15,28-29H2,(H,30,37)(H,31,36)(H,32,35)(H,38,39). The highest BCUT2D eigenvalue weighted by atomic mass is 32.1. The first-order chi connectivity index (χ1) is 19.0. The van der Waals surface area contributed by atoms with Crippen LogP contribution >= 0.6 is 12.6 Å². The number of thiol groups is 1. The van der Waals surface area contributed by atoms with Gasteiger partial charge in [0.1, 0.15) is 29.6 Å². The second-order valence-electron chi connectivity index (χ2n) is 9.34. The summed E-state index contributed by atoms with van der Waals surface area (Å²) >= 11 is 4.16. The Morgan fingerprint density at radius 3 is 1.70 bits per heavy atom. The second-order valence-corrected chi connectivity index (χ2v) is 9.70. The molecule has 4 unspecified atom stereocenters. The minimum Gasteiger partial charge on any atom is -0.508 e. The Morgan fingerprint density at radius 2 is 1.20 bits per heavy atom. The Hall–Kier alpha value is -3.81. The number of rotatable bonds is 16. The van der Waals surface area contributed by atoms with Gasteiger partial charge in [0.25, 0.3) is 0 Å². The number of unbranched alkanes of at least 4 members (excludes halogenated alkanes) is 1. The van der Waals surface area contributed by atoms with Crippen molar-refractivity contribution in [2.24, 2.45) is 11.5 Å². The van der Waals surface area contributed by atoms with E-state index in [1.807, 2.05) is 0 Å². The van der Waals surface area contributed by atoms with Gasteiger partial charge in [-0.1, -0.05) is 24.3 Å². The fraction of sp³-hybridized carbons (Fsp3) is 0.407. The first-order valence-corrected chi connectivity index (χ1v) is 13.4. The molecule has 0 saturated heterocycles. The Kier molecular flexibility index (Phi) is 13.2. The van der Waals surface area contributed by atoms with Gasteiger partial charge in [-0.05, 0) is 67.6 Å². The predicted molar refractivity (Wildman–Crippen MR) is 152 cm³/mol. The molecule has 40 heavy (non-hydrogen) atoms. The van der Waals surface area contributed by atoms with Gasteiger partial charge in [0.15, 0.2) is 0 Å². The summed E-state index contributed by atoms with van der Waals surface area (Å²) in [5, 5.41) is 36.1. The van der Waals surface area contributed by atoms with E-state index in [1.165, 1.54) is 24.3 Å². The topological polar surface area (TPSA) is 217 Å². The Morgan fingerprint density at radius 1 is 0.725 bits per heavy atom. The van der Waals surface area contributed by atoms with Crippen molar-refractivity contribution in [1.82, 2.24) is 16.0 Å². The van der Waals surface area contributed by atoms with E-state index >= 15 is 0 Å². The van der Waals surface area contributed by atoms with Crippen molar-refractivity contribution < 1.29 is 34.5 Å². The van der Waals surface area contributed by atoms with Crippen molar-refractivity contribution in [1.29, 1.82) is 0 Å². The van der Waals surface area contributed by atoms with Crippen molar-refractivity contribution in [2.75, 3.05) is 12.3 Å². The highest BCUT2D eigenvalue weighted by molar-refractivity contribution is 7.80. The van der Waals surface area contributed by atoms with Crippen LogP contribution in [0.4, 0.5) is 0 Å².